The molecule has 0 aromatic heterocycles. The van der Waals surface area contributed by atoms with Gasteiger partial charge in [0.05, 0.1) is 6.54 Å². The van der Waals surface area contributed by atoms with Gasteiger partial charge in [0.2, 0.25) is 5.91 Å². The molecule has 1 saturated heterocycles. The Balaban J connectivity index is 2.56. The third-order valence-corrected chi connectivity index (χ3v) is 3.21. The summed E-state index contributed by atoms with van der Waals surface area (Å²) in [4.78, 5) is 13.9. The van der Waals surface area contributed by atoms with Crippen LogP contribution in [0.3, 0.4) is 0 Å². The molecular formula is C12H24N2O. The minimum absolute atomic E-state index is 0.0221. The van der Waals surface area contributed by atoms with Gasteiger partial charge in [-0.15, -0.1) is 0 Å². The topological polar surface area (TPSA) is 32.3 Å². The third kappa shape index (κ3) is 3.49. The van der Waals surface area contributed by atoms with E-state index < -0.39 is 0 Å². The maximum atomic E-state index is 11.9. The number of carbonyl (C=O) groups is 1. The summed E-state index contributed by atoms with van der Waals surface area (Å²) in [5.74, 6) is 0.258. The van der Waals surface area contributed by atoms with Crippen LogP contribution >= 0.6 is 0 Å². The van der Waals surface area contributed by atoms with Crippen LogP contribution in [0.5, 0.6) is 0 Å². The molecule has 1 amide bonds. The summed E-state index contributed by atoms with van der Waals surface area (Å²) in [6, 6.07) is 0. The average molecular weight is 212 g/mol. The number of unbranched alkanes of at least 4 members (excludes halogenated alkanes) is 2. The highest BCUT2D eigenvalue weighted by atomic mass is 16.2. The van der Waals surface area contributed by atoms with Gasteiger partial charge in [-0.3, -0.25) is 4.79 Å². The summed E-state index contributed by atoms with van der Waals surface area (Å²) in [5, 5.41) is 3.18. The molecule has 0 aromatic carbocycles. The number of hydrogen-bond acceptors (Lipinski definition) is 2. The van der Waals surface area contributed by atoms with Crippen LogP contribution in [0.4, 0.5) is 0 Å². The van der Waals surface area contributed by atoms with Gasteiger partial charge in [0.25, 0.3) is 0 Å². The van der Waals surface area contributed by atoms with Crippen LogP contribution in [0, 0.1) is 0 Å². The van der Waals surface area contributed by atoms with E-state index in [-0.39, 0.29) is 11.4 Å². The van der Waals surface area contributed by atoms with Gasteiger partial charge in [0.1, 0.15) is 0 Å². The second-order valence-corrected chi connectivity index (χ2v) is 4.99. The zero-order valence-electron chi connectivity index (χ0n) is 10.3. The van der Waals surface area contributed by atoms with Gasteiger partial charge >= 0.3 is 0 Å². The largest absolute Gasteiger partial charge is 0.336 e. The van der Waals surface area contributed by atoms with Crippen molar-refractivity contribution in [2.24, 2.45) is 0 Å². The highest BCUT2D eigenvalue weighted by molar-refractivity contribution is 5.79. The van der Waals surface area contributed by atoms with Gasteiger partial charge in [-0.25, -0.2) is 0 Å². The van der Waals surface area contributed by atoms with Gasteiger partial charge in [-0.2, -0.15) is 0 Å². The van der Waals surface area contributed by atoms with Crippen molar-refractivity contribution in [3.05, 3.63) is 0 Å². The van der Waals surface area contributed by atoms with Crippen LogP contribution in [-0.4, -0.2) is 36.0 Å². The molecule has 1 rings (SSSR count). The summed E-state index contributed by atoms with van der Waals surface area (Å²) in [6.45, 7) is 8.91. The lowest BCUT2D eigenvalue weighted by atomic mass is 9.98. The number of nitrogens with one attached hydrogen (secondary N) is 1. The second kappa shape index (κ2) is 5.50. The highest BCUT2D eigenvalue weighted by Crippen LogP contribution is 2.21. The molecule has 0 aromatic rings. The van der Waals surface area contributed by atoms with Gasteiger partial charge < -0.3 is 10.2 Å². The first-order chi connectivity index (χ1) is 7.08. The predicted octanol–water partition coefficient (Wildman–Crippen LogP) is 1.78. The molecule has 0 spiro atoms. The zero-order chi connectivity index (χ0) is 11.3. The first kappa shape index (κ1) is 12.5. The van der Waals surface area contributed by atoms with E-state index in [2.05, 4.69) is 31.0 Å². The SMILES string of the molecule is CCCCCN1C(=O)CNCCC1(C)C. The smallest absolute Gasteiger partial charge is 0.236 e. The van der Waals surface area contributed by atoms with E-state index in [1.807, 2.05) is 0 Å². The van der Waals surface area contributed by atoms with Crippen molar-refractivity contribution in [1.82, 2.24) is 10.2 Å². The fourth-order valence-corrected chi connectivity index (χ4v) is 2.10. The molecule has 3 nitrogen and oxygen atoms in total. The number of nitrogens with zero attached hydrogens (tertiary/aromatic N) is 1. The fourth-order valence-electron chi connectivity index (χ4n) is 2.10. The van der Waals surface area contributed by atoms with Gasteiger partial charge in [0.15, 0.2) is 0 Å². The Bertz CT molecular complexity index is 214. The van der Waals surface area contributed by atoms with Crippen LogP contribution in [0.15, 0.2) is 0 Å². The standard InChI is InChI=1S/C12H24N2O/c1-4-5-6-9-14-11(15)10-13-8-7-12(14,2)3/h13H,4-10H2,1-3H3. The molecule has 88 valence electrons. The zero-order valence-corrected chi connectivity index (χ0v) is 10.3. The molecule has 0 bridgehead atoms. The molecule has 1 aliphatic heterocycles. The number of rotatable bonds is 4. The van der Waals surface area contributed by atoms with E-state index in [4.69, 9.17) is 0 Å². The van der Waals surface area contributed by atoms with Gasteiger partial charge in [0, 0.05) is 12.1 Å². The Hall–Kier alpha value is -0.570. The normalized spacial score (nSPS) is 21.5. The molecule has 0 aliphatic carbocycles. The van der Waals surface area contributed by atoms with Crippen molar-refractivity contribution >= 4 is 5.91 Å². The lowest BCUT2D eigenvalue weighted by Crippen LogP contribution is -2.48. The molecule has 1 N–H and O–H groups in total. The quantitative estimate of drug-likeness (QED) is 0.720. The molecule has 0 unspecified atom stereocenters. The molecule has 0 saturated carbocycles. The van der Waals surface area contributed by atoms with Gasteiger partial charge in [-0.05, 0) is 33.2 Å². The summed E-state index contributed by atoms with van der Waals surface area (Å²) in [6.07, 6.45) is 4.60. The van der Waals surface area contributed by atoms with Crippen molar-refractivity contribution in [2.45, 2.75) is 52.0 Å². The van der Waals surface area contributed by atoms with E-state index in [0.717, 1.165) is 25.9 Å². The first-order valence-electron chi connectivity index (χ1n) is 6.09. The lowest BCUT2D eigenvalue weighted by molar-refractivity contribution is -0.134. The molecule has 1 heterocycles. The summed E-state index contributed by atoms with van der Waals surface area (Å²) in [5.41, 5.74) is 0.0221. The van der Waals surface area contributed by atoms with Crippen molar-refractivity contribution in [3.63, 3.8) is 0 Å². The highest BCUT2D eigenvalue weighted by Gasteiger charge is 2.31. The fraction of sp³-hybridized carbons (Fsp3) is 0.917. The third-order valence-electron chi connectivity index (χ3n) is 3.21. The Kier molecular flexibility index (Phi) is 4.58. The van der Waals surface area contributed by atoms with E-state index >= 15 is 0 Å². The average Bonchev–Trinajstić information content (AvgIpc) is 2.29. The van der Waals surface area contributed by atoms with Crippen molar-refractivity contribution < 1.29 is 4.79 Å². The number of hydrogen-bond donors (Lipinski definition) is 1. The summed E-state index contributed by atoms with van der Waals surface area (Å²) >= 11 is 0. The number of amides is 1. The predicted molar refractivity (Wildman–Crippen MR) is 62.8 cm³/mol. The van der Waals surface area contributed by atoms with E-state index in [1.165, 1.54) is 12.8 Å². The van der Waals surface area contributed by atoms with Crippen LogP contribution < -0.4 is 5.32 Å². The number of carbonyl (C=O) groups excluding carboxylic acids is 1. The van der Waals surface area contributed by atoms with Crippen molar-refractivity contribution in [1.29, 1.82) is 0 Å². The van der Waals surface area contributed by atoms with Crippen LogP contribution in [0.25, 0.3) is 0 Å². The monoisotopic (exact) mass is 212 g/mol. The molecule has 0 atom stereocenters. The van der Waals surface area contributed by atoms with Crippen LogP contribution in [-0.2, 0) is 4.79 Å². The van der Waals surface area contributed by atoms with Crippen LogP contribution in [0.2, 0.25) is 0 Å². The summed E-state index contributed by atoms with van der Waals surface area (Å²) < 4.78 is 0. The lowest BCUT2D eigenvalue weighted by Gasteiger charge is -2.37. The Morgan fingerprint density at radius 3 is 2.80 bits per heavy atom. The Morgan fingerprint density at radius 2 is 2.13 bits per heavy atom. The maximum Gasteiger partial charge on any atom is 0.236 e. The van der Waals surface area contributed by atoms with E-state index in [9.17, 15) is 4.79 Å². The minimum atomic E-state index is 0.0221. The minimum Gasteiger partial charge on any atom is -0.336 e. The first-order valence-corrected chi connectivity index (χ1v) is 6.09. The second-order valence-electron chi connectivity index (χ2n) is 4.99. The van der Waals surface area contributed by atoms with E-state index in [0.29, 0.717) is 6.54 Å². The van der Waals surface area contributed by atoms with E-state index in [1.54, 1.807) is 0 Å². The molecule has 1 aliphatic rings. The Morgan fingerprint density at radius 1 is 1.40 bits per heavy atom. The van der Waals surface area contributed by atoms with Crippen LogP contribution in [0.1, 0.15) is 46.5 Å². The van der Waals surface area contributed by atoms with Crippen molar-refractivity contribution in [2.75, 3.05) is 19.6 Å². The molecule has 1 fully saturated rings. The maximum absolute atomic E-state index is 11.9. The van der Waals surface area contributed by atoms with Crippen molar-refractivity contribution in [3.8, 4) is 0 Å². The molecule has 15 heavy (non-hydrogen) atoms. The molecular weight excluding hydrogens is 188 g/mol. The van der Waals surface area contributed by atoms with Gasteiger partial charge in [-0.1, -0.05) is 19.8 Å². The summed E-state index contributed by atoms with van der Waals surface area (Å²) in [7, 11) is 0. The molecule has 0 radical (unpaired) electrons. The molecule has 3 heteroatoms. The Labute approximate surface area is 93.2 Å².